The van der Waals surface area contributed by atoms with Crippen LogP contribution in [0.25, 0.3) is 0 Å². The Morgan fingerprint density at radius 3 is 2.72 bits per heavy atom. The van der Waals surface area contributed by atoms with E-state index in [1.807, 2.05) is 21.9 Å². The molecule has 1 fully saturated rings. The lowest BCUT2D eigenvalue weighted by Gasteiger charge is -2.35. The van der Waals surface area contributed by atoms with Crippen LogP contribution in [0.3, 0.4) is 0 Å². The zero-order chi connectivity index (χ0) is 17.6. The van der Waals surface area contributed by atoms with Crippen LogP contribution in [0.1, 0.15) is 11.3 Å². The van der Waals surface area contributed by atoms with E-state index in [-0.39, 0.29) is 11.7 Å². The normalized spacial score (nSPS) is 15.0. The van der Waals surface area contributed by atoms with Crippen molar-refractivity contribution in [1.82, 2.24) is 10.2 Å². The third-order valence-electron chi connectivity index (χ3n) is 4.20. The number of carbonyl (C=O) groups is 1. The predicted octanol–water partition coefficient (Wildman–Crippen LogP) is 1.73. The van der Waals surface area contributed by atoms with Gasteiger partial charge in [-0.05, 0) is 30.3 Å². The van der Waals surface area contributed by atoms with Crippen LogP contribution in [0.5, 0.6) is 0 Å². The van der Waals surface area contributed by atoms with Crippen molar-refractivity contribution in [2.45, 2.75) is 6.54 Å². The lowest BCUT2D eigenvalue weighted by atomic mass is 10.2. The van der Waals surface area contributed by atoms with Crippen LogP contribution in [-0.2, 0) is 11.3 Å². The molecule has 0 radical (unpaired) electrons. The Hall–Kier alpha value is -2.85. The molecule has 1 aromatic carbocycles. The Morgan fingerprint density at radius 2 is 2.08 bits per heavy atom. The van der Waals surface area contributed by atoms with E-state index in [0.717, 1.165) is 5.76 Å². The van der Waals surface area contributed by atoms with Gasteiger partial charge in [0.25, 0.3) is 0 Å². The number of amides is 1. The molecular formula is C18H19FN4O2. The Bertz CT molecular complexity index is 762. The molecule has 25 heavy (non-hydrogen) atoms. The average molecular weight is 342 g/mol. The third-order valence-corrected chi connectivity index (χ3v) is 4.20. The van der Waals surface area contributed by atoms with Gasteiger partial charge in [-0.15, -0.1) is 0 Å². The van der Waals surface area contributed by atoms with Crippen molar-refractivity contribution in [3.05, 3.63) is 53.7 Å². The van der Waals surface area contributed by atoms with E-state index in [1.165, 1.54) is 6.07 Å². The second-order valence-corrected chi connectivity index (χ2v) is 5.90. The number of piperazine rings is 1. The first-order chi connectivity index (χ1) is 12.2. The number of nitrogens with zero attached hydrogens (tertiary/aromatic N) is 3. The zero-order valence-corrected chi connectivity index (χ0v) is 13.7. The molecule has 0 atom stereocenters. The molecule has 0 bridgehead atoms. The molecule has 6 nitrogen and oxygen atoms in total. The van der Waals surface area contributed by atoms with Gasteiger partial charge in [0, 0.05) is 26.2 Å². The van der Waals surface area contributed by atoms with E-state index in [1.54, 1.807) is 24.5 Å². The van der Waals surface area contributed by atoms with E-state index in [0.29, 0.717) is 50.5 Å². The smallest absolute Gasteiger partial charge is 0.234 e. The van der Waals surface area contributed by atoms with Crippen molar-refractivity contribution in [2.75, 3.05) is 37.6 Å². The zero-order valence-electron chi connectivity index (χ0n) is 13.7. The second kappa shape index (κ2) is 7.81. The quantitative estimate of drug-likeness (QED) is 0.896. The van der Waals surface area contributed by atoms with Crippen molar-refractivity contribution in [3.63, 3.8) is 0 Å². The number of halogens is 1. The molecule has 1 saturated heterocycles. The lowest BCUT2D eigenvalue weighted by molar-refractivity contribution is -0.122. The van der Waals surface area contributed by atoms with Crippen LogP contribution in [0.15, 0.2) is 41.0 Å². The largest absolute Gasteiger partial charge is 0.467 e. The van der Waals surface area contributed by atoms with Crippen LogP contribution in [0.4, 0.5) is 10.1 Å². The molecule has 2 aromatic rings. The van der Waals surface area contributed by atoms with Crippen molar-refractivity contribution in [2.24, 2.45) is 0 Å². The first-order valence-corrected chi connectivity index (χ1v) is 8.12. The standard InChI is InChI=1S/C18H19FN4O2/c19-16-10-14(11-20)3-4-17(16)23-7-5-22(6-8-23)13-18(24)21-12-15-2-1-9-25-15/h1-4,9-10H,5-8,12-13H2,(H,21,24). The highest BCUT2D eigenvalue weighted by atomic mass is 19.1. The minimum Gasteiger partial charge on any atom is -0.467 e. The topological polar surface area (TPSA) is 72.5 Å². The van der Waals surface area contributed by atoms with Crippen molar-refractivity contribution < 1.29 is 13.6 Å². The molecule has 1 aliphatic rings. The number of anilines is 1. The first kappa shape index (κ1) is 17.0. The van der Waals surface area contributed by atoms with Gasteiger partial charge < -0.3 is 14.6 Å². The second-order valence-electron chi connectivity index (χ2n) is 5.90. The Balaban J connectivity index is 1.47. The molecule has 1 N–H and O–H groups in total. The summed E-state index contributed by atoms with van der Waals surface area (Å²) < 4.78 is 19.3. The average Bonchev–Trinajstić information content (AvgIpc) is 3.14. The number of rotatable bonds is 5. The van der Waals surface area contributed by atoms with E-state index in [2.05, 4.69) is 5.32 Å². The highest BCUT2D eigenvalue weighted by Gasteiger charge is 2.21. The first-order valence-electron chi connectivity index (χ1n) is 8.12. The predicted molar refractivity (Wildman–Crippen MR) is 90.3 cm³/mol. The number of nitrogens with one attached hydrogen (secondary N) is 1. The van der Waals surface area contributed by atoms with E-state index < -0.39 is 0 Å². The SMILES string of the molecule is N#Cc1ccc(N2CCN(CC(=O)NCc3ccco3)CC2)c(F)c1. The Kier molecular flexibility index (Phi) is 5.31. The molecular weight excluding hydrogens is 323 g/mol. The maximum Gasteiger partial charge on any atom is 0.234 e. The van der Waals surface area contributed by atoms with Crippen molar-refractivity contribution in [3.8, 4) is 6.07 Å². The molecule has 1 aliphatic heterocycles. The fraction of sp³-hybridized carbons (Fsp3) is 0.333. The van der Waals surface area contributed by atoms with Crippen molar-refractivity contribution >= 4 is 11.6 Å². The molecule has 7 heteroatoms. The van der Waals surface area contributed by atoms with Gasteiger partial charge in [-0.1, -0.05) is 0 Å². The molecule has 0 saturated carbocycles. The summed E-state index contributed by atoms with van der Waals surface area (Å²) in [7, 11) is 0. The van der Waals surface area contributed by atoms with Gasteiger partial charge in [-0.2, -0.15) is 5.26 Å². The summed E-state index contributed by atoms with van der Waals surface area (Å²) in [6.45, 7) is 3.30. The monoisotopic (exact) mass is 342 g/mol. The van der Waals surface area contributed by atoms with Gasteiger partial charge in [0.2, 0.25) is 5.91 Å². The molecule has 2 heterocycles. The van der Waals surface area contributed by atoms with Gasteiger partial charge in [0.15, 0.2) is 0 Å². The number of benzene rings is 1. The summed E-state index contributed by atoms with van der Waals surface area (Å²) in [5.41, 5.74) is 0.814. The summed E-state index contributed by atoms with van der Waals surface area (Å²) in [4.78, 5) is 16.0. The molecule has 130 valence electrons. The minimum atomic E-state index is -0.385. The third kappa shape index (κ3) is 4.37. The van der Waals surface area contributed by atoms with Crippen LogP contribution in [-0.4, -0.2) is 43.5 Å². The molecule has 1 aromatic heterocycles. The van der Waals surface area contributed by atoms with Crippen LogP contribution in [0, 0.1) is 17.1 Å². The molecule has 1 amide bonds. The summed E-state index contributed by atoms with van der Waals surface area (Å²) in [6, 6.07) is 10.0. The number of furan rings is 1. The molecule has 0 aliphatic carbocycles. The summed E-state index contributed by atoms with van der Waals surface area (Å²) in [5, 5.41) is 11.6. The van der Waals surface area contributed by atoms with Gasteiger partial charge >= 0.3 is 0 Å². The Morgan fingerprint density at radius 1 is 1.28 bits per heavy atom. The number of nitriles is 1. The maximum absolute atomic E-state index is 14.1. The highest BCUT2D eigenvalue weighted by Crippen LogP contribution is 2.21. The summed E-state index contributed by atoms with van der Waals surface area (Å²) in [5.74, 6) is 0.271. The van der Waals surface area contributed by atoms with E-state index in [9.17, 15) is 9.18 Å². The number of hydrogen-bond acceptors (Lipinski definition) is 5. The fourth-order valence-corrected chi connectivity index (χ4v) is 2.84. The Labute approximate surface area is 145 Å². The number of carbonyl (C=O) groups excluding carboxylic acids is 1. The van der Waals surface area contributed by atoms with Crippen LogP contribution in [0.2, 0.25) is 0 Å². The fourth-order valence-electron chi connectivity index (χ4n) is 2.84. The number of hydrogen-bond donors (Lipinski definition) is 1. The van der Waals surface area contributed by atoms with Crippen LogP contribution >= 0.6 is 0 Å². The van der Waals surface area contributed by atoms with Gasteiger partial charge in [-0.3, -0.25) is 9.69 Å². The minimum absolute atomic E-state index is 0.0607. The molecule has 3 rings (SSSR count). The maximum atomic E-state index is 14.1. The van der Waals surface area contributed by atoms with Crippen LogP contribution < -0.4 is 10.2 Å². The van der Waals surface area contributed by atoms with E-state index >= 15 is 0 Å². The van der Waals surface area contributed by atoms with Crippen molar-refractivity contribution in [1.29, 1.82) is 5.26 Å². The van der Waals surface area contributed by atoms with E-state index in [4.69, 9.17) is 9.68 Å². The van der Waals surface area contributed by atoms with Gasteiger partial charge in [0.05, 0.1) is 36.7 Å². The summed E-state index contributed by atoms with van der Waals surface area (Å²) >= 11 is 0. The lowest BCUT2D eigenvalue weighted by Crippen LogP contribution is -2.49. The molecule has 0 unspecified atom stereocenters. The molecule has 0 spiro atoms. The van der Waals surface area contributed by atoms with Gasteiger partial charge in [0.1, 0.15) is 11.6 Å². The summed E-state index contributed by atoms with van der Waals surface area (Å²) in [6.07, 6.45) is 1.57. The highest BCUT2D eigenvalue weighted by molar-refractivity contribution is 5.78. The van der Waals surface area contributed by atoms with Gasteiger partial charge in [-0.25, -0.2) is 4.39 Å².